The lowest BCUT2D eigenvalue weighted by Crippen LogP contribution is -1.86. The predicted octanol–water partition coefficient (Wildman–Crippen LogP) is 1.96. The van der Waals surface area contributed by atoms with Crippen LogP contribution in [0.4, 0.5) is 10.1 Å². The van der Waals surface area contributed by atoms with Gasteiger partial charge in [-0.1, -0.05) is 6.07 Å². The highest BCUT2D eigenvalue weighted by Gasteiger charge is 1.96. The number of rotatable bonds is 0. The van der Waals surface area contributed by atoms with Crippen molar-refractivity contribution in [3.05, 3.63) is 36.4 Å². The van der Waals surface area contributed by atoms with E-state index in [1.165, 1.54) is 12.3 Å². The molecule has 0 atom stereocenters. The van der Waals surface area contributed by atoms with E-state index in [1.54, 1.807) is 18.2 Å². The molecule has 2 rings (SSSR count). The number of benzene rings is 1. The number of hydrogen-bond acceptors (Lipinski definition) is 2. The Kier molecular flexibility index (Phi) is 1.43. The van der Waals surface area contributed by atoms with E-state index in [2.05, 4.69) is 4.98 Å². The van der Waals surface area contributed by atoms with Gasteiger partial charge in [0.25, 0.3) is 0 Å². The van der Waals surface area contributed by atoms with Crippen molar-refractivity contribution in [2.75, 3.05) is 5.73 Å². The number of anilines is 1. The topological polar surface area (TPSA) is 38.9 Å². The molecule has 0 aliphatic heterocycles. The van der Waals surface area contributed by atoms with Crippen molar-refractivity contribution in [2.45, 2.75) is 0 Å². The minimum atomic E-state index is -0.465. The van der Waals surface area contributed by atoms with E-state index >= 15 is 0 Å². The summed E-state index contributed by atoms with van der Waals surface area (Å²) in [7, 11) is 0. The summed E-state index contributed by atoms with van der Waals surface area (Å²) in [6.45, 7) is 0. The molecule has 0 saturated heterocycles. The van der Waals surface area contributed by atoms with E-state index in [0.717, 1.165) is 10.8 Å². The van der Waals surface area contributed by atoms with Crippen molar-refractivity contribution < 1.29 is 4.39 Å². The molecular formula is C9H7FN2. The van der Waals surface area contributed by atoms with Crippen LogP contribution in [0.3, 0.4) is 0 Å². The fourth-order valence-corrected chi connectivity index (χ4v) is 1.13. The zero-order valence-corrected chi connectivity index (χ0v) is 6.29. The van der Waals surface area contributed by atoms with Crippen LogP contribution in [-0.4, -0.2) is 4.98 Å². The molecule has 0 radical (unpaired) electrons. The van der Waals surface area contributed by atoms with Crippen molar-refractivity contribution in [3.8, 4) is 0 Å². The van der Waals surface area contributed by atoms with Gasteiger partial charge in [0, 0.05) is 23.3 Å². The Labute approximate surface area is 68.8 Å². The molecule has 2 N–H and O–H groups in total. The Hall–Kier alpha value is -1.64. The molecule has 1 aromatic carbocycles. The summed E-state index contributed by atoms with van der Waals surface area (Å²) in [5, 5.41) is 1.67. The number of nitrogens with zero attached hydrogens (tertiary/aromatic N) is 1. The number of fused-ring (bicyclic) bond motifs is 1. The van der Waals surface area contributed by atoms with Crippen LogP contribution < -0.4 is 5.73 Å². The summed E-state index contributed by atoms with van der Waals surface area (Å²) >= 11 is 0. The molecule has 0 fully saturated rings. The summed E-state index contributed by atoms with van der Waals surface area (Å²) in [5.74, 6) is -0.465. The normalized spacial score (nSPS) is 10.4. The van der Waals surface area contributed by atoms with Gasteiger partial charge >= 0.3 is 0 Å². The third-order valence-corrected chi connectivity index (χ3v) is 1.71. The first kappa shape index (κ1) is 7.03. The van der Waals surface area contributed by atoms with Crippen molar-refractivity contribution >= 4 is 16.5 Å². The van der Waals surface area contributed by atoms with Crippen molar-refractivity contribution in [1.82, 2.24) is 4.98 Å². The number of pyridine rings is 1. The minimum Gasteiger partial charge on any atom is -0.399 e. The molecule has 2 nitrogen and oxygen atoms in total. The lowest BCUT2D eigenvalue weighted by Gasteiger charge is -1.97. The van der Waals surface area contributed by atoms with Crippen LogP contribution in [0.25, 0.3) is 10.8 Å². The van der Waals surface area contributed by atoms with Gasteiger partial charge in [0.2, 0.25) is 5.95 Å². The first-order chi connectivity index (χ1) is 5.75. The van der Waals surface area contributed by atoms with Crippen molar-refractivity contribution in [3.63, 3.8) is 0 Å². The molecule has 0 amide bonds. The highest BCUT2D eigenvalue weighted by Crippen LogP contribution is 2.16. The Morgan fingerprint density at radius 3 is 2.83 bits per heavy atom. The molecule has 0 saturated carbocycles. The number of halogens is 1. The maximum absolute atomic E-state index is 12.6. The van der Waals surface area contributed by atoms with Crippen LogP contribution in [0.5, 0.6) is 0 Å². The zero-order chi connectivity index (χ0) is 8.55. The maximum Gasteiger partial charge on any atom is 0.213 e. The summed E-state index contributed by atoms with van der Waals surface area (Å²) in [6.07, 6.45) is 1.47. The summed E-state index contributed by atoms with van der Waals surface area (Å²) in [5.41, 5.74) is 6.20. The van der Waals surface area contributed by atoms with Gasteiger partial charge < -0.3 is 5.73 Å². The Morgan fingerprint density at radius 1 is 1.17 bits per heavy atom. The Bertz CT molecular complexity index is 385. The SMILES string of the molecule is Nc1ccc2cc(F)ncc2c1. The van der Waals surface area contributed by atoms with Gasteiger partial charge in [-0.3, -0.25) is 0 Å². The molecule has 12 heavy (non-hydrogen) atoms. The van der Waals surface area contributed by atoms with Gasteiger partial charge in [0.15, 0.2) is 0 Å². The molecule has 2 aromatic rings. The van der Waals surface area contributed by atoms with Gasteiger partial charge in [-0.25, -0.2) is 4.98 Å². The third-order valence-electron chi connectivity index (χ3n) is 1.71. The number of hydrogen-bond donors (Lipinski definition) is 1. The van der Waals surface area contributed by atoms with Crippen LogP contribution in [-0.2, 0) is 0 Å². The average Bonchev–Trinajstić information content (AvgIpc) is 2.05. The second-order valence-corrected chi connectivity index (χ2v) is 2.61. The minimum absolute atomic E-state index is 0.465. The highest BCUT2D eigenvalue weighted by atomic mass is 19.1. The molecule has 0 aliphatic carbocycles. The van der Waals surface area contributed by atoms with Crippen LogP contribution in [0.1, 0.15) is 0 Å². The smallest absolute Gasteiger partial charge is 0.213 e. The largest absolute Gasteiger partial charge is 0.399 e. The van der Waals surface area contributed by atoms with Crippen molar-refractivity contribution in [1.29, 1.82) is 0 Å². The predicted molar refractivity (Wildman–Crippen MR) is 46.1 cm³/mol. The van der Waals surface area contributed by atoms with Gasteiger partial charge in [0.05, 0.1) is 0 Å². The molecule has 0 unspecified atom stereocenters. The molecule has 1 heterocycles. The first-order valence-corrected chi connectivity index (χ1v) is 3.56. The lowest BCUT2D eigenvalue weighted by molar-refractivity contribution is 0.586. The van der Waals surface area contributed by atoms with Gasteiger partial charge in [-0.15, -0.1) is 0 Å². The number of aromatic nitrogens is 1. The molecule has 0 bridgehead atoms. The number of nitrogen functional groups attached to an aromatic ring is 1. The van der Waals surface area contributed by atoms with Crippen LogP contribution in [0.2, 0.25) is 0 Å². The van der Waals surface area contributed by atoms with Crippen LogP contribution in [0.15, 0.2) is 30.5 Å². The standard InChI is InChI=1S/C9H7FN2/c10-9-4-6-1-2-8(11)3-7(6)5-12-9/h1-5H,11H2. The maximum atomic E-state index is 12.6. The fraction of sp³-hybridized carbons (Fsp3) is 0. The van der Waals surface area contributed by atoms with Crippen LogP contribution >= 0.6 is 0 Å². The monoisotopic (exact) mass is 162 g/mol. The van der Waals surface area contributed by atoms with E-state index in [4.69, 9.17) is 5.73 Å². The third kappa shape index (κ3) is 1.09. The first-order valence-electron chi connectivity index (χ1n) is 3.56. The Balaban J connectivity index is 2.79. The second kappa shape index (κ2) is 2.44. The fourth-order valence-electron chi connectivity index (χ4n) is 1.13. The molecular weight excluding hydrogens is 155 g/mol. The average molecular weight is 162 g/mol. The summed E-state index contributed by atoms with van der Waals surface area (Å²) in [6, 6.07) is 6.66. The number of nitrogens with two attached hydrogens (primary N) is 1. The zero-order valence-electron chi connectivity index (χ0n) is 6.29. The van der Waals surface area contributed by atoms with E-state index in [0.29, 0.717) is 5.69 Å². The van der Waals surface area contributed by atoms with Gasteiger partial charge in [-0.2, -0.15) is 4.39 Å². The highest BCUT2D eigenvalue weighted by molar-refractivity contribution is 5.84. The van der Waals surface area contributed by atoms with Gasteiger partial charge in [0.1, 0.15) is 0 Å². The van der Waals surface area contributed by atoms with Crippen molar-refractivity contribution in [2.24, 2.45) is 0 Å². The van der Waals surface area contributed by atoms with Gasteiger partial charge in [-0.05, 0) is 17.5 Å². The molecule has 1 aromatic heterocycles. The molecule has 3 heteroatoms. The van der Waals surface area contributed by atoms with E-state index in [1.807, 2.05) is 0 Å². The lowest BCUT2D eigenvalue weighted by atomic mass is 10.1. The second-order valence-electron chi connectivity index (χ2n) is 2.61. The Morgan fingerprint density at radius 2 is 2.00 bits per heavy atom. The summed E-state index contributed by atoms with van der Waals surface area (Å²) < 4.78 is 12.6. The van der Waals surface area contributed by atoms with E-state index in [9.17, 15) is 4.39 Å². The van der Waals surface area contributed by atoms with Crippen LogP contribution in [0, 0.1) is 5.95 Å². The summed E-state index contributed by atoms with van der Waals surface area (Å²) in [4.78, 5) is 3.53. The van der Waals surface area contributed by atoms with E-state index in [-0.39, 0.29) is 0 Å². The molecule has 0 aliphatic rings. The molecule has 0 spiro atoms. The quantitative estimate of drug-likeness (QED) is 0.475. The molecule has 60 valence electrons. The van der Waals surface area contributed by atoms with E-state index < -0.39 is 5.95 Å².